The summed E-state index contributed by atoms with van der Waals surface area (Å²) in [5, 5.41) is 2.03. The van der Waals surface area contributed by atoms with Crippen molar-refractivity contribution in [1.29, 1.82) is 0 Å². The smallest absolute Gasteiger partial charge is 0.250 e. The largest absolute Gasteiger partial charge is 0.379 e. The molecule has 0 amide bonds. The monoisotopic (exact) mass is 372 g/mol. The molecule has 1 aliphatic rings. The molecule has 1 atom stereocenters. The van der Waals surface area contributed by atoms with Crippen molar-refractivity contribution in [2.24, 2.45) is 0 Å². The van der Waals surface area contributed by atoms with E-state index < -0.39 is 10.0 Å². The highest BCUT2D eigenvalue weighted by Crippen LogP contribution is 2.27. The van der Waals surface area contributed by atoms with Crippen LogP contribution in [0.15, 0.2) is 33.9 Å². The molecule has 3 rings (SSSR count). The summed E-state index contributed by atoms with van der Waals surface area (Å²) >= 11 is 2.96. The molecule has 8 heteroatoms. The molecular weight excluding hydrogens is 352 g/mol. The van der Waals surface area contributed by atoms with Crippen LogP contribution in [-0.2, 0) is 14.8 Å². The van der Waals surface area contributed by atoms with Gasteiger partial charge >= 0.3 is 0 Å². The van der Waals surface area contributed by atoms with Crippen molar-refractivity contribution in [1.82, 2.24) is 9.62 Å². The van der Waals surface area contributed by atoms with Crippen LogP contribution in [0, 0.1) is 6.92 Å². The molecule has 0 radical (unpaired) electrons. The summed E-state index contributed by atoms with van der Waals surface area (Å²) < 4.78 is 33.5. The minimum Gasteiger partial charge on any atom is -0.379 e. The second-order valence-electron chi connectivity index (χ2n) is 5.40. The SMILES string of the molecule is Cc1ccc(S(=O)(=O)NC[C@@H](c2cccs2)N2CCOCC2)s1. The first-order chi connectivity index (χ1) is 11.1. The topological polar surface area (TPSA) is 58.6 Å². The van der Waals surface area contributed by atoms with E-state index in [4.69, 9.17) is 4.74 Å². The minimum absolute atomic E-state index is 0.0507. The van der Waals surface area contributed by atoms with Crippen molar-refractivity contribution in [3.63, 3.8) is 0 Å². The van der Waals surface area contributed by atoms with E-state index in [-0.39, 0.29) is 6.04 Å². The van der Waals surface area contributed by atoms with E-state index in [1.807, 2.05) is 24.4 Å². The Kier molecular flexibility index (Phi) is 5.50. The molecule has 3 heterocycles. The lowest BCUT2D eigenvalue weighted by molar-refractivity contribution is 0.0179. The van der Waals surface area contributed by atoms with Crippen molar-refractivity contribution >= 4 is 32.7 Å². The number of hydrogen-bond acceptors (Lipinski definition) is 6. The summed E-state index contributed by atoms with van der Waals surface area (Å²) in [7, 11) is -3.45. The van der Waals surface area contributed by atoms with Gasteiger partial charge in [0.2, 0.25) is 10.0 Å². The molecule has 2 aromatic rings. The number of nitrogens with one attached hydrogen (secondary N) is 1. The Bertz CT molecular complexity index is 719. The van der Waals surface area contributed by atoms with Crippen molar-refractivity contribution in [3.05, 3.63) is 39.4 Å². The average molecular weight is 373 g/mol. The van der Waals surface area contributed by atoms with Gasteiger partial charge in [0.15, 0.2) is 0 Å². The summed E-state index contributed by atoms with van der Waals surface area (Å²) in [4.78, 5) is 4.46. The van der Waals surface area contributed by atoms with Crippen LogP contribution in [0.1, 0.15) is 15.8 Å². The third-order valence-electron chi connectivity index (χ3n) is 3.81. The van der Waals surface area contributed by atoms with Crippen molar-refractivity contribution in [2.75, 3.05) is 32.8 Å². The highest BCUT2D eigenvalue weighted by atomic mass is 32.2. The fourth-order valence-electron chi connectivity index (χ4n) is 2.60. The Hall–Kier alpha value is -0.770. The lowest BCUT2D eigenvalue weighted by atomic mass is 10.2. The predicted molar refractivity (Wildman–Crippen MR) is 93.7 cm³/mol. The third kappa shape index (κ3) is 4.20. The molecule has 1 fully saturated rings. The zero-order valence-corrected chi connectivity index (χ0v) is 15.3. The molecule has 0 unspecified atom stereocenters. The Morgan fingerprint density at radius 2 is 2.09 bits per heavy atom. The molecule has 0 bridgehead atoms. The van der Waals surface area contributed by atoms with Gasteiger partial charge in [0.05, 0.1) is 19.3 Å². The van der Waals surface area contributed by atoms with Crippen LogP contribution >= 0.6 is 22.7 Å². The molecule has 0 aromatic carbocycles. The van der Waals surface area contributed by atoms with Gasteiger partial charge in [-0.25, -0.2) is 13.1 Å². The molecule has 2 aromatic heterocycles. The normalized spacial score (nSPS) is 18.1. The minimum atomic E-state index is -3.45. The summed E-state index contributed by atoms with van der Waals surface area (Å²) in [6.07, 6.45) is 0. The quantitative estimate of drug-likeness (QED) is 0.846. The van der Waals surface area contributed by atoms with Crippen LogP contribution in [-0.4, -0.2) is 46.2 Å². The molecule has 126 valence electrons. The summed E-state index contributed by atoms with van der Waals surface area (Å²) in [6, 6.07) is 7.61. The van der Waals surface area contributed by atoms with Gasteiger partial charge in [-0.3, -0.25) is 4.90 Å². The predicted octanol–water partition coefficient (Wildman–Crippen LogP) is 2.47. The summed E-state index contributed by atoms with van der Waals surface area (Å²) in [6.45, 7) is 5.31. The van der Waals surface area contributed by atoms with Crippen LogP contribution in [0.3, 0.4) is 0 Å². The molecule has 1 saturated heterocycles. The maximum absolute atomic E-state index is 12.5. The number of ether oxygens (including phenoxy) is 1. The van der Waals surface area contributed by atoms with E-state index in [2.05, 4.69) is 15.7 Å². The van der Waals surface area contributed by atoms with Gasteiger partial charge in [-0.05, 0) is 30.5 Å². The number of morpholine rings is 1. The Morgan fingerprint density at radius 1 is 1.30 bits per heavy atom. The van der Waals surface area contributed by atoms with Crippen LogP contribution in [0.4, 0.5) is 0 Å². The molecule has 23 heavy (non-hydrogen) atoms. The molecule has 1 aliphatic heterocycles. The number of rotatable bonds is 6. The fourth-order valence-corrected chi connectivity index (χ4v) is 5.82. The van der Waals surface area contributed by atoms with Gasteiger partial charge in [0, 0.05) is 29.4 Å². The van der Waals surface area contributed by atoms with Gasteiger partial charge in [-0.1, -0.05) is 6.07 Å². The lowest BCUT2D eigenvalue weighted by Crippen LogP contribution is -2.43. The Morgan fingerprint density at radius 3 is 2.70 bits per heavy atom. The number of hydrogen-bond donors (Lipinski definition) is 1. The zero-order valence-electron chi connectivity index (χ0n) is 12.9. The molecule has 1 N–H and O–H groups in total. The van der Waals surface area contributed by atoms with E-state index in [9.17, 15) is 8.42 Å². The molecule has 5 nitrogen and oxygen atoms in total. The summed E-state index contributed by atoms with van der Waals surface area (Å²) in [5.41, 5.74) is 0. The second-order valence-corrected chi connectivity index (χ2v) is 9.66. The van der Waals surface area contributed by atoms with Gasteiger partial charge < -0.3 is 4.74 Å². The first kappa shape index (κ1) is 17.1. The maximum Gasteiger partial charge on any atom is 0.250 e. The molecular formula is C15H20N2O3S3. The Balaban J connectivity index is 1.73. The Labute approximate surface area is 145 Å². The number of nitrogens with zero attached hydrogens (tertiary/aromatic N) is 1. The molecule has 0 aliphatic carbocycles. The summed E-state index contributed by atoms with van der Waals surface area (Å²) in [5.74, 6) is 0. The van der Waals surface area contributed by atoms with Gasteiger partial charge in [0.1, 0.15) is 4.21 Å². The van der Waals surface area contributed by atoms with E-state index in [1.54, 1.807) is 17.4 Å². The standard InChI is InChI=1S/C15H20N2O3S3/c1-12-4-5-15(22-12)23(18,19)16-11-13(14-3-2-10-21-14)17-6-8-20-9-7-17/h2-5,10,13,16H,6-9,11H2,1H3/t13-/m0/s1. The van der Waals surface area contributed by atoms with Gasteiger partial charge in [-0.15, -0.1) is 22.7 Å². The maximum atomic E-state index is 12.5. The fraction of sp³-hybridized carbons (Fsp3) is 0.467. The van der Waals surface area contributed by atoms with Gasteiger partial charge in [-0.2, -0.15) is 0 Å². The molecule has 0 saturated carbocycles. The first-order valence-corrected chi connectivity index (χ1v) is 10.7. The molecule has 0 spiro atoms. The van der Waals surface area contributed by atoms with Crippen LogP contribution < -0.4 is 4.72 Å². The van der Waals surface area contributed by atoms with E-state index in [0.717, 1.165) is 18.0 Å². The van der Waals surface area contributed by atoms with E-state index in [1.165, 1.54) is 16.2 Å². The number of thiophene rings is 2. The zero-order chi connectivity index (χ0) is 16.3. The lowest BCUT2D eigenvalue weighted by Gasteiger charge is -2.34. The average Bonchev–Trinajstić information content (AvgIpc) is 3.20. The highest BCUT2D eigenvalue weighted by molar-refractivity contribution is 7.91. The van der Waals surface area contributed by atoms with Crippen molar-refractivity contribution < 1.29 is 13.2 Å². The number of sulfonamides is 1. The second kappa shape index (κ2) is 7.42. The van der Waals surface area contributed by atoms with E-state index in [0.29, 0.717) is 24.0 Å². The third-order valence-corrected chi connectivity index (χ3v) is 7.69. The first-order valence-electron chi connectivity index (χ1n) is 7.47. The van der Waals surface area contributed by atoms with Gasteiger partial charge in [0.25, 0.3) is 0 Å². The van der Waals surface area contributed by atoms with Crippen LogP contribution in [0.2, 0.25) is 0 Å². The van der Waals surface area contributed by atoms with E-state index >= 15 is 0 Å². The van der Waals surface area contributed by atoms with Crippen LogP contribution in [0.25, 0.3) is 0 Å². The highest BCUT2D eigenvalue weighted by Gasteiger charge is 2.26. The van der Waals surface area contributed by atoms with Crippen molar-refractivity contribution in [3.8, 4) is 0 Å². The van der Waals surface area contributed by atoms with Crippen LogP contribution in [0.5, 0.6) is 0 Å². The number of aryl methyl sites for hydroxylation is 1. The van der Waals surface area contributed by atoms with Crippen molar-refractivity contribution in [2.45, 2.75) is 17.2 Å².